The standard InChI is InChI=1S/C25H27ClFN7OS/c1-4-19-24(31(3)25-29-20(15-36-25)17-5-7-18(27)8-6-17)34-21(28-19)9-10-22(30-34)32-11-12-33(16(2)14-32)23(35)13-26/h5-10,15-16H,4,11-14H2,1-3H3/t16-/m1/s1. The normalized spacial score (nSPS) is 16.1. The first-order valence-electron chi connectivity index (χ1n) is 11.8. The minimum absolute atomic E-state index is 0.00128. The van der Waals surface area contributed by atoms with E-state index in [0.717, 1.165) is 45.8 Å². The molecule has 1 aromatic carbocycles. The van der Waals surface area contributed by atoms with E-state index in [1.54, 1.807) is 12.1 Å². The number of benzene rings is 1. The van der Waals surface area contributed by atoms with Crippen LogP contribution in [-0.2, 0) is 11.2 Å². The van der Waals surface area contributed by atoms with Gasteiger partial charge in [0, 0.05) is 43.7 Å². The van der Waals surface area contributed by atoms with Crippen molar-refractivity contribution in [2.45, 2.75) is 26.3 Å². The van der Waals surface area contributed by atoms with Crippen LogP contribution in [-0.4, -0.2) is 69.0 Å². The molecule has 0 spiro atoms. The Morgan fingerprint density at radius 3 is 2.67 bits per heavy atom. The molecule has 4 aromatic rings. The van der Waals surface area contributed by atoms with Gasteiger partial charge in [-0.25, -0.2) is 14.4 Å². The number of hydrogen-bond acceptors (Lipinski definition) is 7. The van der Waals surface area contributed by atoms with Gasteiger partial charge in [0.1, 0.15) is 17.5 Å². The molecule has 1 aliphatic heterocycles. The maximum absolute atomic E-state index is 13.3. The summed E-state index contributed by atoms with van der Waals surface area (Å²) in [5.74, 6) is 1.37. The first-order chi connectivity index (χ1) is 17.4. The molecule has 188 valence electrons. The topological polar surface area (TPSA) is 69.9 Å². The molecule has 3 aromatic heterocycles. The summed E-state index contributed by atoms with van der Waals surface area (Å²) < 4.78 is 15.2. The average Bonchev–Trinajstić information content (AvgIpc) is 3.53. The summed E-state index contributed by atoms with van der Waals surface area (Å²) in [6, 6.07) is 10.3. The van der Waals surface area contributed by atoms with Gasteiger partial charge < -0.3 is 14.7 Å². The van der Waals surface area contributed by atoms with E-state index >= 15 is 0 Å². The van der Waals surface area contributed by atoms with Gasteiger partial charge in [0.2, 0.25) is 5.91 Å². The van der Waals surface area contributed by atoms with Gasteiger partial charge in [0.25, 0.3) is 0 Å². The Kier molecular flexibility index (Phi) is 6.81. The molecule has 1 atom stereocenters. The molecule has 1 saturated heterocycles. The van der Waals surface area contributed by atoms with Crippen molar-refractivity contribution in [2.24, 2.45) is 0 Å². The SMILES string of the molecule is CCc1nc2ccc(N3CCN(C(=O)CCl)[C@H](C)C3)nn2c1N(C)c1nc(-c2ccc(F)cc2)cs1. The maximum atomic E-state index is 13.3. The number of thiazole rings is 1. The smallest absolute Gasteiger partial charge is 0.237 e. The molecule has 11 heteroatoms. The monoisotopic (exact) mass is 527 g/mol. The molecular weight excluding hydrogens is 501 g/mol. The van der Waals surface area contributed by atoms with Gasteiger partial charge in [-0.2, -0.15) is 4.52 Å². The summed E-state index contributed by atoms with van der Waals surface area (Å²) in [5, 5.41) is 7.72. The van der Waals surface area contributed by atoms with Crippen molar-refractivity contribution in [3.63, 3.8) is 0 Å². The van der Waals surface area contributed by atoms with Crippen molar-refractivity contribution >= 4 is 51.3 Å². The zero-order valence-electron chi connectivity index (χ0n) is 20.4. The second-order valence-electron chi connectivity index (χ2n) is 8.79. The second kappa shape index (κ2) is 10.0. The van der Waals surface area contributed by atoms with Crippen LogP contribution in [0.4, 0.5) is 21.2 Å². The van der Waals surface area contributed by atoms with Crippen molar-refractivity contribution in [1.82, 2.24) is 24.5 Å². The number of piperazine rings is 1. The fraction of sp³-hybridized carbons (Fsp3) is 0.360. The highest BCUT2D eigenvalue weighted by Crippen LogP contribution is 2.33. The number of halogens is 2. The Labute approximate surface area is 217 Å². The molecule has 8 nitrogen and oxygen atoms in total. The summed E-state index contributed by atoms with van der Waals surface area (Å²) in [7, 11) is 1.96. The predicted molar refractivity (Wildman–Crippen MR) is 142 cm³/mol. The molecular formula is C25H27ClFN7OS. The van der Waals surface area contributed by atoms with Crippen LogP contribution in [0.3, 0.4) is 0 Å². The maximum Gasteiger partial charge on any atom is 0.237 e. The first-order valence-corrected chi connectivity index (χ1v) is 13.2. The molecule has 0 saturated carbocycles. The molecule has 0 aliphatic carbocycles. The number of aromatic nitrogens is 4. The Morgan fingerprint density at radius 1 is 1.19 bits per heavy atom. The Hall–Kier alpha value is -3.24. The van der Waals surface area contributed by atoms with E-state index in [1.807, 2.05) is 45.8 Å². The summed E-state index contributed by atoms with van der Waals surface area (Å²) in [5.41, 5.74) is 3.34. The van der Waals surface area contributed by atoms with E-state index < -0.39 is 0 Å². The minimum Gasteiger partial charge on any atom is -0.351 e. The zero-order chi connectivity index (χ0) is 25.4. The van der Waals surface area contributed by atoms with E-state index in [1.165, 1.54) is 23.5 Å². The van der Waals surface area contributed by atoms with Crippen molar-refractivity contribution in [1.29, 1.82) is 0 Å². The van der Waals surface area contributed by atoms with Gasteiger partial charge in [-0.05, 0) is 49.7 Å². The van der Waals surface area contributed by atoms with Crippen LogP contribution in [0, 0.1) is 5.82 Å². The number of imidazole rings is 1. The van der Waals surface area contributed by atoms with Crippen LogP contribution in [0.1, 0.15) is 19.5 Å². The number of rotatable bonds is 6. The Bertz CT molecular complexity index is 1390. The summed E-state index contributed by atoms with van der Waals surface area (Å²) in [6.07, 6.45) is 0.741. The van der Waals surface area contributed by atoms with E-state index in [-0.39, 0.29) is 23.6 Å². The van der Waals surface area contributed by atoms with Crippen LogP contribution in [0.5, 0.6) is 0 Å². The third-order valence-electron chi connectivity index (χ3n) is 6.47. The first kappa shape index (κ1) is 24.5. The molecule has 1 fully saturated rings. The Morgan fingerprint density at radius 2 is 1.97 bits per heavy atom. The number of fused-ring (bicyclic) bond motifs is 1. The highest BCUT2D eigenvalue weighted by atomic mass is 35.5. The number of hydrogen-bond donors (Lipinski definition) is 0. The van der Waals surface area contributed by atoms with Gasteiger partial charge in [0.05, 0.1) is 11.4 Å². The second-order valence-corrected chi connectivity index (χ2v) is 9.90. The fourth-order valence-corrected chi connectivity index (χ4v) is 5.53. The fourth-order valence-electron chi connectivity index (χ4n) is 4.57. The molecule has 1 amide bonds. The van der Waals surface area contributed by atoms with Crippen LogP contribution in [0.25, 0.3) is 16.9 Å². The molecule has 4 heterocycles. The number of carbonyl (C=O) groups excluding carboxylic acids is 1. The lowest BCUT2D eigenvalue weighted by Crippen LogP contribution is -2.54. The van der Waals surface area contributed by atoms with E-state index in [4.69, 9.17) is 26.7 Å². The molecule has 0 unspecified atom stereocenters. The van der Waals surface area contributed by atoms with Crippen molar-refractivity contribution < 1.29 is 9.18 Å². The van der Waals surface area contributed by atoms with E-state index in [2.05, 4.69) is 11.8 Å². The van der Waals surface area contributed by atoms with Crippen molar-refractivity contribution in [3.05, 3.63) is 53.3 Å². The van der Waals surface area contributed by atoms with Crippen LogP contribution < -0.4 is 9.80 Å². The summed E-state index contributed by atoms with van der Waals surface area (Å²) in [4.78, 5) is 27.7. The number of amides is 1. The number of nitrogens with zero attached hydrogens (tertiary/aromatic N) is 7. The third-order valence-corrected chi connectivity index (χ3v) is 7.61. The molecule has 1 aliphatic rings. The van der Waals surface area contributed by atoms with Gasteiger partial charge in [-0.1, -0.05) is 6.92 Å². The lowest BCUT2D eigenvalue weighted by atomic mass is 10.2. The third kappa shape index (κ3) is 4.51. The number of anilines is 3. The molecule has 36 heavy (non-hydrogen) atoms. The van der Waals surface area contributed by atoms with E-state index in [9.17, 15) is 9.18 Å². The average molecular weight is 528 g/mol. The molecule has 5 rings (SSSR count). The van der Waals surface area contributed by atoms with Crippen molar-refractivity contribution in [3.8, 4) is 11.3 Å². The Balaban J connectivity index is 1.46. The molecule has 0 bridgehead atoms. The summed E-state index contributed by atoms with van der Waals surface area (Å²) in [6.45, 7) is 6.06. The molecule has 0 radical (unpaired) electrons. The number of alkyl halides is 1. The number of carbonyl (C=O) groups is 1. The van der Waals surface area contributed by atoms with Crippen molar-refractivity contribution in [2.75, 3.05) is 42.4 Å². The van der Waals surface area contributed by atoms with Crippen LogP contribution >= 0.6 is 22.9 Å². The van der Waals surface area contributed by atoms with E-state index in [0.29, 0.717) is 19.6 Å². The highest BCUT2D eigenvalue weighted by molar-refractivity contribution is 7.14. The van der Waals surface area contributed by atoms with Crippen LogP contribution in [0.15, 0.2) is 41.8 Å². The lowest BCUT2D eigenvalue weighted by molar-refractivity contribution is -0.130. The van der Waals surface area contributed by atoms with Gasteiger partial charge in [-0.3, -0.25) is 4.79 Å². The molecule has 0 N–H and O–H groups in total. The van der Waals surface area contributed by atoms with Gasteiger partial charge in [-0.15, -0.1) is 28.0 Å². The van der Waals surface area contributed by atoms with Crippen LogP contribution in [0.2, 0.25) is 0 Å². The largest absolute Gasteiger partial charge is 0.351 e. The summed E-state index contributed by atoms with van der Waals surface area (Å²) >= 11 is 7.29. The predicted octanol–water partition coefficient (Wildman–Crippen LogP) is 4.60. The number of aryl methyl sites for hydroxylation is 1. The highest BCUT2D eigenvalue weighted by Gasteiger charge is 2.28. The van der Waals surface area contributed by atoms with Gasteiger partial charge in [0.15, 0.2) is 16.6 Å². The minimum atomic E-state index is -0.270. The zero-order valence-corrected chi connectivity index (χ0v) is 21.9. The van der Waals surface area contributed by atoms with Gasteiger partial charge >= 0.3 is 0 Å². The quantitative estimate of drug-likeness (QED) is 0.341. The lowest BCUT2D eigenvalue weighted by Gasteiger charge is -2.40.